The summed E-state index contributed by atoms with van der Waals surface area (Å²) in [6.07, 6.45) is 1.18. The van der Waals surface area contributed by atoms with E-state index in [1.807, 2.05) is 0 Å². The van der Waals surface area contributed by atoms with E-state index in [0.717, 1.165) is 0 Å². The summed E-state index contributed by atoms with van der Waals surface area (Å²) in [5.74, 6) is -1.03. The van der Waals surface area contributed by atoms with Gasteiger partial charge < -0.3 is 20.1 Å². The van der Waals surface area contributed by atoms with Gasteiger partial charge in [-0.3, -0.25) is 9.59 Å². The van der Waals surface area contributed by atoms with Crippen molar-refractivity contribution >= 4 is 11.8 Å². The summed E-state index contributed by atoms with van der Waals surface area (Å²) < 4.78 is 25.3. The maximum absolute atomic E-state index is 14.2. The fourth-order valence-corrected chi connectivity index (χ4v) is 3.57. The molecule has 25 heavy (non-hydrogen) atoms. The SMILES string of the molecule is CO[C@]1(CC(N)=O)COCCN(C(=O)C2(c3ccccc3F)CC2)C1. The maximum Gasteiger partial charge on any atom is 0.233 e. The smallest absolute Gasteiger partial charge is 0.233 e. The standard InChI is InChI=1S/C18H23FN2O4/c1-24-17(10-15(20)22)11-21(8-9-25-12-17)16(23)18(6-7-18)13-4-2-3-5-14(13)19/h2-5H,6-12H2,1H3,(H2,20,22)/t17-/m0/s1. The summed E-state index contributed by atoms with van der Waals surface area (Å²) in [5.41, 5.74) is 3.99. The molecular weight excluding hydrogens is 327 g/mol. The van der Waals surface area contributed by atoms with Gasteiger partial charge in [0.1, 0.15) is 11.4 Å². The van der Waals surface area contributed by atoms with Crippen molar-refractivity contribution in [3.8, 4) is 0 Å². The fourth-order valence-electron chi connectivity index (χ4n) is 3.57. The lowest BCUT2D eigenvalue weighted by molar-refractivity contribution is -0.141. The van der Waals surface area contributed by atoms with E-state index in [2.05, 4.69) is 0 Å². The van der Waals surface area contributed by atoms with Crippen LogP contribution in [0.25, 0.3) is 0 Å². The molecule has 1 aliphatic carbocycles. The second-order valence-electron chi connectivity index (χ2n) is 6.87. The number of hydrogen-bond acceptors (Lipinski definition) is 4. The fraction of sp³-hybridized carbons (Fsp3) is 0.556. The van der Waals surface area contributed by atoms with Crippen molar-refractivity contribution in [3.63, 3.8) is 0 Å². The molecule has 1 aromatic rings. The van der Waals surface area contributed by atoms with Gasteiger partial charge in [-0.15, -0.1) is 0 Å². The van der Waals surface area contributed by atoms with Crippen molar-refractivity contribution in [1.82, 2.24) is 4.90 Å². The van der Waals surface area contributed by atoms with E-state index in [0.29, 0.717) is 31.6 Å². The molecule has 2 N–H and O–H groups in total. The van der Waals surface area contributed by atoms with Crippen LogP contribution >= 0.6 is 0 Å². The molecule has 2 aliphatic rings. The molecule has 0 radical (unpaired) electrons. The molecule has 1 atom stereocenters. The number of ether oxygens (including phenoxy) is 2. The minimum atomic E-state index is -0.969. The highest BCUT2D eigenvalue weighted by molar-refractivity contribution is 5.91. The third-order valence-corrected chi connectivity index (χ3v) is 5.12. The van der Waals surface area contributed by atoms with Crippen molar-refractivity contribution in [2.75, 3.05) is 33.4 Å². The predicted molar refractivity (Wildman–Crippen MR) is 88.3 cm³/mol. The van der Waals surface area contributed by atoms with Gasteiger partial charge in [0, 0.05) is 19.2 Å². The van der Waals surface area contributed by atoms with Gasteiger partial charge in [-0.1, -0.05) is 18.2 Å². The summed E-state index contributed by atoms with van der Waals surface area (Å²) in [7, 11) is 1.48. The first-order valence-electron chi connectivity index (χ1n) is 8.38. The Kier molecular flexibility index (Phi) is 4.79. The number of benzene rings is 1. The lowest BCUT2D eigenvalue weighted by Crippen LogP contribution is -2.52. The highest BCUT2D eigenvalue weighted by atomic mass is 19.1. The summed E-state index contributed by atoms with van der Waals surface area (Å²) in [6, 6.07) is 6.40. The molecule has 0 aromatic heterocycles. The molecule has 0 unspecified atom stereocenters. The van der Waals surface area contributed by atoms with Crippen LogP contribution in [0.3, 0.4) is 0 Å². The first kappa shape index (κ1) is 17.8. The molecule has 1 heterocycles. The lowest BCUT2D eigenvalue weighted by Gasteiger charge is -2.35. The van der Waals surface area contributed by atoms with Gasteiger partial charge in [-0.25, -0.2) is 4.39 Å². The highest BCUT2D eigenvalue weighted by Crippen LogP contribution is 2.50. The molecule has 0 bridgehead atoms. The average molecular weight is 350 g/mol. The topological polar surface area (TPSA) is 81.9 Å². The van der Waals surface area contributed by atoms with Crippen LogP contribution in [-0.2, 0) is 24.5 Å². The third-order valence-electron chi connectivity index (χ3n) is 5.12. The molecule has 1 saturated carbocycles. The molecule has 7 heteroatoms. The maximum atomic E-state index is 14.2. The van der Waals surface area contributed by atoms with Crippen LogP contribution < -0.4 is 5.73 Å². The number of nitrogens with zero attached hydrogens (tertiary/aromatic N) is 1. The Morgan fingerprint density at radius 3 is 2.68 bits per heavy atom. The average Bonchev–Trinajstić information content (AvgIpc) is 3.39. The van der Waals surface area contributed by atoms with Gasteiger partial charge in [0.25, 0.3) is 0 Å². The Balaban J connectivity index is 1.86. The van der Waals surface area contributed by atoms with Crippen LogP contribution in [0.4, 0.5) is 4.39 Å². The van der Waals surface area contributed by atoms with E-state index < -0.39 is 16.9 Å². The number of methoxy groups -OCH3 is 1. The summed E-state index contributed by atoms with van der Waals surface area (Å²) in [6.45, 7) is 1.09. The third kappa shape index (κ3) is 3.39. The molecule has 3 rings (SSSR count). The van der Waals surface area contributed by atoms with Gasteiger partial charge in [0.15, 0.2) is 0 Å². The normalized spacial score (nSPS) is 25.3. The van der Waals surface area contributed by atoms with Crippen molar-refractivity contribution in [2.45, 2.75) is 30.3 Å². The van der Waals surface area contributed by atoms with E-state index in [-0.39, 0.29) is 31.3 Å². The number of rotatable bonds is 5. The molecule has 1 saturated heterocycles. The van der Waals surface area contributed by atoms with E-state index in [1.54, 1.807) is 23.1 Å². The van der Waals surface area contributed by atoms with E-state index in [4.69, 9.17) is 15.2 Å². The first-order chi connectivity index (χ1) is 11.9. The van der Waals surface area contributed by atoms with E-state index in [1.165, 1.54) is 13.2 Å². The summed E-state index contributed by atoms with van der Waals surface area (Å²) in [4.78, 5) is 26.3. The molecule has 6 nitrogen and oxygen atoms in total. The zero-order valence-corrected chi connectivity index (χ0v) is 14.3. The van der Waals surface area contributed by atoms with Crippen molar-refractivity contribution in [3.05, 3.63) is 35.6 Å². The van der Waals surface area contributed by atoms with Crippen LogP contribution in [0.1, 0.15) is 24.8 Å². The van der Waals surface area contributed by atoms with Crippen LogP contribution in [0.5, 0.6) is 0 Å². The summed E-state index contributed by atoms with van der Waals surface area (Å²) in [5, 5.41) is 0. The van der Waals surface area contributed by atoms with Gasteiger partial charge in [0.2, 0.25) is 11.8 Å². The minimum absolute atomic E-state index is 0.0417. The zero-order chi connectivity index (χ0) is 18.1. The second kappa shape index (κ2) is 6.72. The Morgan fingerprint density at radius 2 is 2.08 bits per heavy atom. The lowest BCUT2D eigenvalue weighted by atomic mass is 9.92. The van der Waals surface area contributed by atoms with Gasteiger partial charge in [0.05, 0.1) is 31.6 Å². The van der Waals surface area contributed by atoms with Crippen molar-refractivity contribution in [1.29, 1.82) is 0 Å². The number of halogens is 1. The summed E-state index contributed by atoms with van der Waals surface area (Å²) >= 11 is 0. The molecule has 1 aliphatic heterocycles. The second-order valence-corrected chi connectivity index (χ2v) is 6.87. The van der Waals surface area contributed by atoms with Gasteiger partial charge >= 0.3 is 0 Å². The van der Waals surface area contributed by atoms with Gasteiger partial charge in [-0.2, -0.15) is 0 Å². The number of carbonyl (C=O) groups excluding carboxylic acids is 2. The number of primary amides is 1. The molecule has 0 spiro atoms. The van der Waals surface area contributed by atoms with Crippen LogP contribution in [0, 0.1) is 5.82 Å². The van der Waals surface area contributed by atoms with E-state index >= 15 is 0 Å². The van der Waals surface area contributed by atoms with E-state index in [9.17, 15) is 14.0 Å². The van der Waals surface area contributed by atoms with Crippen molar-refractivity contribution in [2.24, 2.45) is 5.73 Å². The Labute approximate surface area is 146 Å². The van der Waals surface area contributed by atoms with Gasteiger partial charge in [-0.05, 0) is 18.9 Å². The van der Waals surface area contributed by atoms with Crippen LogP contribution in [-0.4, -0.2) is 55.7 Å². The predicted octanol–water partition coefficient (Wildman–Crippen LogP) is 0.977. The quantitative estimate of drug-likeness (QED) is 0.858. The molecular formula is C18H23FN2O4. The van der Waals surface area contributed by atoms with Crippen LogP contribution in [0.2, 0.25) is 0 Å². The highest BCUT2D eigenvalue weighted by Gasteiger charge is 2.55. The number of amides is 2. The largest absolute Gasteiger partial charge is 0.377 e. The Bertz CT molecular complexity index is 677. The van der Waals surface area contributed by atoms with Crippen LogP contribution in [0.15, 0.2) is 24.3 Å². The molecule has 136 valence electrons. The number of hydrogen-bond donors (Lipinski definition) is 1. The monoisotopic (exact) mass is 350 g/mol. The minimum Gasteiger partial charge on any atom is -0.377 e. The van der Waals surface area contributed by atoms with Crippen molar-refractivity contribution < 1.29 is 23.5 Å². The Morgan fingerprint density at radius 1 is 1.36 bits per heavy atom. The number of nitrogens with two attached hydrogens (primary N) is 1. The Hall–Kier alpha value is -1.99. The molecule has 1 aromatic carbocycles. The first-order valence-corrected chi connectivity index (χ1v) is 8.38. The molecule has 2 amide bonds. The zero-order valence-electron chi connectivity index (χ0n) is 14.3. The molecule has 2 fully saturated rings. The number of carbonyl (C=O) groups is 2.